The van der Waals surface area contributed by atoms with E-state index in [9.17, 15) is 43.2 Å². The molecule has 0 aliphatic carbocycles. The first-order valence-corrected chi connectivity index (χ1v) is 43.0. The molecular formula is C87H140O17P2. The van der Waals surface area contributed by atoms with Crippen LogP contribution in [0.4, 0.5) is 0 Å². The molecule has 0 radical (unpaired) electrons. The number of phosphoric ester groups is 2. The maximum atomic E-state index is 13.1. The fraction of sp³-hybridized carbons (Fsp3) is 0.609. The number of aliphatic hydroxyl groups excluding tert-OH is 1. The number of carbonyl (C=O) groups excluding carboxylic acids is 4. The minimum Gasteiger partial charge on any atom is -0.462 e. The molecule has 0 bridgehead atoms. The summed E-state index contributed by atoms with van der Waals surface area (Å²) in [6.07, 6.45) is 93.3. The highest BCUT2D eigenvalue weighted by Crippen LogP contribution is 2.45. The quantitative estimate of drug-likeness (QED) is 0.0169. The van der Waals surface area contributed by atoms with Crippen LogP contribution in [0, 0.1) is 0 Å². The number of aliphatic hydroxyl groups is 1. The van der Waals surface area contributed by atoms with Crippen LogP contribution < -0.4 is 0 Å². The van der Waals surface area contributed by atoms with Gasteiger partial charge in [-0.3, -0.25) is 37.3 Å². The van der Waals surface area contributed by atoms with Crippen LogP contribution in [0.2, 0.25) is 0 Å². The van der Waals surface area contributed by atoms with Crippen molar-refractivity contribution in [3.8, 4) is 0 Å². The number of esters is 4. The zero-order valence-corrected chi connectivity index (χ0v) is 67.3. The molecule has 19 heteroatoms. The Labute approximate surface area is 641 Å². The highest BCUT2D eigenvalue weighted by atomic mass is 31.2. The standard InChI is InChI=1S/C87H140O17P2/c1-5-9-13-17-21-25-29-33-36-38-40-42-45-49-52-56-60-64-68-72-85(90)98-78-83(104-87(92)74-70-66-62-58-54-50-46-43-41-39-37-34-30-26-22-18-14-10-6-2)80-102-106(95,96)100-76-81(88)75-99-105(93,94)101-79-82(103-86(91)73-69-65-61-57-53-47-32-28-24-20-16-12-8-4)77-97-84(89)71-67-63-59-55-51-48-44-35-31-27-23-19-15-11-7-3/h9-10,13-14,16,20-22,25-26,28,32-37,40-44,49-50,52,54,60,62,64,66,81-83,88H,5-8,11-12,15,17-19,23-24,27,29-31,38-39,45-48,51,53,55-59,61,63,65,67-80H2,1-4H3,(H,93,94)(H,95,96)/b13-9-,14-10-,20-16-,25-21-,26-22-,32-28-,36-33-,37-34-,42-40-,43-41-,44-35-,52-49-,54-50-,64-60-,66-62-. The highest BCUT2D eigenvalue weighted by Gasteiger charge is 2.30. The average molecular weight is 1520 g/mol. The summed E-state index contributed by atoms with van der Waals surface area (Å²) < 4.78 is 68.4. The van der Waals surface area contributed by atoms with Gasteiger partial charge in [0.25, 0.3) is 0 Å². The number of hydrogen-bond acceptors (Lipinski definition) is 15. The molecule has 0 rings (SSSR count). The number of phosphoric acid groups is 2. The van der Waals surface area contributed by atoms with E-state index < -0.39 is 97.5 Å². The Morgan fingerprint density at radius 3 is 0.877 bits per heavy atom. The van der Waals surface area contributed by atoms with Crippen molar-refractivity contribution in [1.82, 2.24) is 0 Å². The number of carbonyl (C=O) groups is 4. The molecule has 5 unspecified atom stereocenters. The highest BCUT2D eigenvalue weighted by molar-refractivity contribution is 7.47. The smallest absolute Gasteiger partial charge is 0.462 e. The van der Waals surface area contributed by atoms with Crippen molar-refractivity contribution in [2.24, 2.45) is 0 Å². The largest absolute Gasteiger partial charge is 0.472 e. The number of ether oxygens (including phenoxy) is 4. The summed E-state index contributed by atoms with van der Waals surface area (Å²) in [6.45, 7) is 4.36. The Kier molecular flexibility index (Phi) is 73.1. The Morgan fingerprint density at radius 1 is 0.274 bits per heavy atom. The maximum Gasteiger partial charge on any atom is 0.472 e. The van der Waals surface area contributed by atoms with Crippen molar-refractivity contribution in [2.45, 2.75) is 303 Å². The van der Waals surface area contributed by atoms with Crippen molar-refractivity contribution < 1.29 is 80.2 Å². The van der Waals surface area contributed by atoms with Crippen molar-refractivity contribution in [3.05, 3.63) is 182 Å². The van der Waals surface area contributed by atoms with Gasteiger partial charge in [0.1, 0.15) is 19.3 Å². The van der Waals surface area contributed by atoms with E-state index >= 15 is 0 Å². The number of rotatable bonds is 73. The second-order valence-electron chi connectivity index (χ2n) is 25.9. The van der Waals surface area contributed by atoms with Crippen LogP contribution in [0.25, 0.3) is 0 Å². The van der Waals surface area contributed by atoms with E-state index in [-0.39, 0.29) is 25.7 Å². The van der Waals surface area contributed by atoms with E-state index in [0.717, 1.165) is 154 Å². The third-order valence-corrected chi connectivity index (χ3v) is 17.7. The molecule has 0 saturated carbocycles. The summed E-state index contributed by atoms with van der Waals surface area (Å²) in [5.74, 6) is -2.41. The lowest BCUT2D eigenvalue weighted by molar-refractivity contribution is -0.161. The monoisotopic (exact) mass is 1520 g/mol. The molecule has 0 amide bonds. The molecular weight excluding hydrogens is 1380 g/mol. The van der Waals surface area contributed by atoms with E-state index in [2.05, 4.69) is 174 Å². The second kappa shape index (κ2) is 77.3. The lowest BCUT2D eigenvalue weighted by Crippen LogP contribution is -2.30. The van der Waals surface area contributed by atoms with Gasteiger partial charge in [0.2, 0.25) is 0 Å². The molecule has 0 aromatic rings. The number of hydrogen-bond donors (Lipinski definition) is 3. The summed E-state index contributed by atoms with van der Waals surface area (Å²) >= 11 is 0. The SMILES string of the molecule is CC/C=C\C/C=C\C/C=C\C/C=C\C/C=C\C/C=C\CCC(=O)OCC(COP(=O)(O)OCC(O)COP(=O)(O)OCC(COC(=O)CCCCCCC/C=C\CCCCCCCC)OC(=O)CCCCCCC/C=C\C/C=C\CCC)OC(=O)CC/C=C\C/C=C\C/C=C\C/C=C\C/C=C\C/C=C\CC. The minimum absolute atomic E-state index is 0.0126. The van der Waals surface area contributed by atoms with Crippen molar-refractivity contribution in [2.75, 3.05) is 39.6 Å². The van der Waals surface area contributed by atoms with E-state index in [0.29, 0.717) is 38.5 Å². The molecule has 106 heavy (non-hydrogen) atoms. The van der Waals surface area contributed by atoms with E-state index in [1.807, 2.05) is 36.5 Å². The minimum atomic E-state index is -5.02. The van der Waals surface area contributed by atoms with Crippen LogP contribution in [0.3, 0.4) is 0 Å². The first-order chi connectivity index (χ1) is 51.7. The van der Waals surface area contributed by atoms with Crippen molar-refractivity contribution in [3.63, 3.8) is 0 Å². The van der Waals surface area contributed by atoms with Crippen LogP contribution >= 0.6 is 15.6 Å². The first-order valence-electron chi connectivity index (χ1n) is 40.0. The fourth-order valence-corrected chi connectivity index (χ4v) is 11.4. The molecule has 3 N–H and O–H groups in total. The van der Waals surface area contributed by atoms with Gasteiger partial charge in [0, 0.05) is 25.7 Å². The lowest BCUT2D eigenvalue weighted by atomic mass is 10.1. The second-order valence-corrected chi connectivity index (χ2v) is 28.8. The molecule has 0 aromatic heterocycles. The van der Waals surface area contributed by atoms with Gasteiger partial charge < -0.3 is 33.8 Å². The molecule has 0 aliphatic heterocycles. The molecule has 0 fully saturated rings. The Bertz CT molecular complexity index is 2730. The van der Waals surface area contributed by atoms with Gasteiger partial charge in [-0.2, -0.15) is 0 Å². The van der Waals surface area contributed by atoms with E-state index in [1.165, 1.54) is 38.5 Å². The molecule has 0 aromatic carbocycles. The van der Waals surface area contributed by atoms with E-state index in [4.69, 9.17) is 37.0 Å². The van der Waals surface area contributed by atoms with Gasteiger partial charge >= 0.3 is 39.5 Å². The molecule has 5 atom stereocenters. The van der Waals surface area contributed by atoms with Gasteiger partial charge in [-0.05, 0) is 154 Å². The van der Waals surface area contributed by atoms with Crippen LogP contribution in [-0.4, -0.2) is 96.7 Å². The van der Waals surface area contributed by atoms with Crippen molar-refractivity contribution in [1.29, 1.82) is 0 Å². The third kappa shape index (κ3) is 76.4. The summed E-state index contributed by atoms with van der Waals surface area (Å²) in [7, 11) is -10.0. The summed E-state index contributed by atoms with van der Waals surface area (Å²) in [5, 5.41) is 10.6. The number of unbranched alkanes of at least 4 members (excludes halogenated alkanes) is 17. The van der Waals surface area contributed by atoms with E-state index in [1.54, 1.807) is 0 Å². The predicted octanol–water partition coefficient (Wildman–Crippen LogP) is 23.6. The average Bonchev–Trinajstić information content (AvgIpc) is 0.903. The molecule has 0 aliphatic rings. The van der Waals surface area contributed by atoms with Crippen LogP contribution in [0.15, 0.2) is 182 Å². The summed E-state index contributed by atoms with van der Waals surface area (Å²) in [6, 6.07) is 0. The van der Waals surface area contributed by atoms with Gasteiger partial charge in [-0.15, -0.1) is 0 Å². The molecule has 0 heterocycles. The Balaban J connectivity index is 5.53. The van der Waals surface area contributed by atoms with Crippen molar-refractivity contribution >= 4 is 39.5 Å². The van der Waals surface area contributed by atoms with Crippen LogP contribution in [0.1, 0.15) is 285 Å². The van der Waals surface area contributed by atoms with Gasteiger partial charge in [-0.1, -0.05) is 287 Å². The van der Waals surface area contributed by atoms with Crippen LogP contribution in [-0.2, 0) is 65.4 Å². The fourth-order valence-electron chi connectivity index (χ4n) is 9.83. The lowest BCUT2D eigenvalue weighted by Gasteiger charge is -2.21. The predicted molar refractivity (Wildman–Crippen MR) is 436 cm³/mol. The zero-order chi connectivity index (χ0) is 77.4. The summed E-state index contributed by atoms with van der Waals surface area (Å²) in [4.78, 5) is 73.0. The molecule has 600 valence electrons. The van der Waals surface area contributed by atoms with Crippen LogP contribution in [0.5, 0.6) is 0 Å². The Hall–Kier alpha value is -5.84. The maximum absolute atomic E-state index is 13.1. The number of allylic oxidation sites excluding steroid dienone is 30. The third-order valence-electron chi connectivity index (χ3n) is 15.8. The summed E-state index contributed by atoms with van der Waals surface area (Å²) in [5.41, 5.74) is 0. The molecule has 17 nitrogen and oxygen atoms in total. The normalized spacial score (nSPS) is 14.8. The topological polar surface area (TPSA) is 237 Å². The van der Waals surface area contributed by atoms with Gasteiger partial charge in [-0.25, -0.2) is 9.13 Å². The molecule has 0 spiro atoms. The molecule has 0 saturated heterocycles. The zero-order valence-electron chi connectivity index (χ0n) is 65.5. The Morgan fingerprint density at radius 2 is 0.528 bits per heavy atom. The van der Waals surface area contributed by atoms with Gasteiger partial charge in [0.15, 0.2) is 12.2 Å². The first kappa shape index (κ1) is 100. The van der Waals surface area contributed by atoms with Gasteiger partial charge in [0.05, 0.1) is 26.4 Å².